The van der Waals surface area contributed by atoms with E-state index in [9.17, 15) is 23.9 Å². The number of carboxylic acids is 1. The molecule has 0 bridgehead atoms. The number of nitrogens with one attached hydrogen (secondary N) is 1. The molecule has 2 aliphatic rings. The Morgan fingerprint density at radius 1 is 0.971 bits per heavy atom. The number of ether oxygens (including phenoxy) is 1. The summed E-state index contributed by atoms with van der Waals surface area (Å²) in [6.45, 7) is 5.13. The lowest BCUT2D eigenvalue weighted by Gasteiger charge is -2.37. The van der Waals surface area contributed by atoms with E-state index in [2.05, 4.69) is 10.2 Å². The minimum atomic E-state index is -1.13. The fourth-order valence-electron chi connectivity index (χ4n) is 4.13. The molecular formula is C24H27FN4O5. The molecule has 0 aliphatic carbocycles. The average Bonchev–Trinajstić information content (AvgIpc) is 2.85. The number of nitrogens with zero attached hydrogens (tertiary/aromatic N) is 3. The van der Waals surface area contributed by atoms with E-state index in [-0.39, 0.29) is 17.0 Å². The third-order valence-electron chi connectivity index (χ3n) is 6.05. The van der Waals surface area contributed by atoms with Gasteiger partial charge in [-0.15, -0.1) is 0 Å². The molecular weight excluding hydrogens is 443 g/mol. The lowest BCUT2D eigenvalue weighted by Crippen LogP contribution is -2.51. The summed E-state index contributed by atoms with van der Waals surface area (Å²) in [5.41, 5.74) is 0.836. The van der Waals surface area contributed by atoms with Gasteiger partial charge in [-0.05, 0) is 30.3 Å². The first-order valence-electron chi connectivity index (χ1n) is 11.2. The second kappa shape index (κ2) is 10.6. The molecule has 2 N–H and O–H groups in total. The number of hydrogen-bond donors (Lipinski definition) is 2. The van der Waals surface area contributed by atoms with Crippen LogP contribution in [0.15, 0.2) is 42.5 Å². The Labute approximate surface area is 196 Å². The monoisotopic (exact) mass is 470 g/mol. The zero-order valence-electron chi connectivity index (χ0n) is 18.7. The maximum Gasteiger partial charge on any atom is 0.335 e. The highest BCUT2D eigenvalue weighted by atomic mass is 19.1. The van der Waals surface area contributed by atoms with Gasteiger partial charge in [-0.2, -0.15) is 0 Å². The molecule has 2 saturated heterocycles. The number of hydrogen-bond acceptors (Lipinski definition) is 6. The van der Waals surface area contributed by atoms with Crippen molar-refractivity contribution in [3.05, 3.63) is 59.4 Å². The summed E-state index contributed by atoms with van der Waals surface area (Å²) in [5.74, 6) is -2.36. The van der Waals surface area contributed by atoms with Crippen LogP contribution in [-0.4, -0.2) is 91.7 Å². The second-order valence-electron chi connectivity index (χ2n) is 8.23. The highest BCUT2D eigenvalue weighted by Crippen LogP contribution is 2.29. The van der Waals surface area contributed by atoms with Crippen molar-refractivity contribution >= 4 is 29.2 Å². The van der Waals surface area contributed by atoms with E-state index in [1.807, 2.05) is 9.80 Å². The largest absolute Gasteiger partial charge is 0.478 e. The van der Waals surface area contributed by atoms with Gasteiger partial charge in [-0.3, -0.25) is 14.5 Å². The molecule has 9 nitrogen and oxygen atoms in total. The normalized spacial score (nSPS) is 16.9. The molecule has 0 atom stereocenters. The van der Waals surface area contributed by atoms with Gasteiger partial charge in [-0.25, -0.2) is 9.18 Å². The number of carboxylic acid groups (broad SMARTS) is 1. The summed E-state index contributed by atoms with van der Waals surface area (Å²) in [4.78, 5) is 42.6. The molecule has 2 aliphatic heterocycles. The molecule has 0 aromatic heterocycles. The molecule has 0 spiro atoms. The van der Waals surface area contributed by atoms with Gasteiger partial charge in [0.1, 0.15) is 5.82 Å². The Hall–Kier alpha value is -3.50. The smallest absolute Gasteiger partial charge is 0.335 e. The maximum absolute atomic E-state index is 14.1. The Morgan fingerprint density at radius 2 is 1.68 bits per heavy atom. The van der Waals surface area contributed by atoms with Crippen LogP contribution in [0.25, 0.3) is 0 Å². The third-order valence-corrected chi connectivity index (χ3v) is 6.05. The number of anilines is 2. The van der Waals surface area contributed by atoms with Gasteiger partial charge < -0.3 is 25.0 Å². The molecule has 0 radical (unpaired) electrons. The van der Waals surface area contributed by atoms with Crippen molar-refractivity contribution in [1.82, 2.24) is 9.80 Å². The maximum atomic E-state index is 14.1. The SMILES string of the molecule is O=C(O)c1ccc(N2CCN(CC(=O)N3CCOCC3)CC2)c(NC(=O)c2ccccc2F)c1. The molecule has 2 amide bonds. The van der Waals surface area contributed by atoms with E-state index in [4.69, 9.17) is 4.74 Å². The van der Waals surface area contributed by atoms with Crippen molar-refractivity contribution < 1.29 is 28.6 Å². The van der Waals surface area contributed by atoms with Crippen LogP contribution in [0.2, 0.25) is 0 Å². The van der Waals surface area contributed by atoms with E-state index in [1.54, 1.807) is 12.1 Å². The zero-order chi connectivity index (χ0) is 24.1. The van der Waals surface area contributed by atoms with Crippen molar-refractivity contribution in [1.29, 1.82) is 0 Å². The molecule has 2 fully saturated rings. The van der Waals surface area contributed by atoms with E-state index in [0.29, 0.717) is 70.4 Å². The first-order chi connectivity index (χ1) is 16.4. The summed E-state index contributed by atoms with van der Waals surface area (Å²) in [7, 11) is 0. The predicted molar refractivity (Wildman–Crippen MR) is 124 cm³/mol. The number of carbonyl (C=O) groups is 3. The Bertz CT molecular complexity index is 1070. The first kappa shape index (κ1) is 23.7. The molecule has 10 heteroatoms. The van der Waals surface area contributed by atoms with Crippen LogP contribution in [0.1, 0.15) is 20.7 Å². The van der Waals surface area contributed by atoms with E-state index in [0.717, 1.165) is 0 Å². The topological polar surface area (TPSA) is 102 Å². The van der Waals surface area contributed by atoms with Crippen LogP contribution in [0.3, 0.4) is 0 Å². The summed E-state index contributed by atoms with van der Waals surface area (Å²) in [6.07, 6.45) is 0. The molecule has 0 unspecified atom stereocenters. The molecule has 2 aromatic carbocycles. The number of halogens is 1. The molecule has 2 heterocycles. The van der Waals surface area contributed by atoms with Crippen molar-refractivity contribution in [2.45, 2.75) is 0 Å². The van der Waals surface area contributed by atoms with Crippen LogP contribution < -0.4 is 10.2 Å². The number of piperazine rings is 1. The van der Waals surface area contributed by atoms with Gasteiger partial charge in [0.25, 0.3) is 5.91 Å². The van der Waals surface area contributed by atoms with E-state index >= 15 is 0 Å². The van der Waals surface area contributed by atoms with Gasteiger partial charge >= 0.3 is 5.97 Å². The average molecular weight is 471 g/mol. The minimum absolute atomic E-state index is 0.0160. The fraction of sp³-hybridized carbons (Fsp3) is 0.375. The number of benzene rings is 2. The number of amides is 2. The lowest BCUT2D eigenvalue weighted by atomic mass is 10.1. The van der Waals surface area contributed by atoms with Crippen molar-refractivity contribution in [2.75, 3.05) is 69.2 Å². The van der Waals surface area contributed by atoms with Gasteiger partial charge in [0.2, 0.25) is 5.91 Å². The standard InChI is InChI=1S/C24H27FN4O5/c25-19-4-2-1-3-18(19)23(31)26-20-15-17(24(32)33)5-6-21(20)28-9-7-27(8-10-28)16-22(30)29-11-13-34-14-12-29/h1-6,15H,7-14,16H2,(H,26,31)(H,32,33). The molecule has 2 aromatic rings. The first-order valence-corrected chi connectivity index (χ1v) is 11.2. The second-order valence-corrected chi connectivity index (χ2v) is 8.23. The van der Waals surface area contributed by atoms with E-state index in [1.165, 1.54) is 30.3 Å². The zero-order valence-corrected chi connectivity index (χ0v) is 18.7. The quantitative estimate of drug-likeness (QED) is 0.663. The van der Waals surface area contributed by atoms with Gasteiger partial charge in [0, 0.05) is 39.3 Å². The van der Waals surface area contributed by atoms with Crippen molar-refractivity contribution in [3.8, 4) is 0 Å². The van der Waals surface area contributed by atoms with Gasteiger partial charge in [-0.1, -0.05) is 12.1 Å². The van der Waals surface area contributed by atoms with Crippen molar-refractivity contribution in [2.24, 2.45) is 0 Å². The highest BCUT2D eigenvalue weighted by Gasteiger charge is 2.25. The van der Waals surface area contributed by atoms with Gasteiger partial charge in [0.15, 0.2) is 0 Å². The van der Waals surface area contributed by atoms with Crippen LogP contribution >= 0.6 is 0 Å². The minimum Gasteiger partial charge on any atom is -0.478 e. The lowest BCUT2D eigenvalue weighted by molar-refractivity contribution is -0.136. The molecule has 34 heavy (non-hydrogen) atoms. The number of carbonyl (C=O) groups excluding carboxylic acids is 2. The van der Waals surface area contributed by atoms with Crippen LogP contribution in [0.4, 0.5) is 15.8 Å². The number of rotatable bonds is 6. The van der Waals surface area contributed by atoms with Crippen LogP contribution in [-0.2, 0) is 9.53 Å². The van der Waals surface area contributed by atoms with Gasteiger partial charge in [0.05, 0.1) is 42.3 Å². The Morgan fingerprint density at radius 3 is 2.35 bits per heavy atom. The summed E-state index contributed by atoms with van der Waals surface area (Å²) < 4.78 is 19.4. The Kier molecular flexibility index (Phi) is 7.39. The van der Waals surface area contributed by atoms with Crippen LogP contribution in [0, 0.1) is 5.82 Å². The van der Waals surface area contributed by atoms with Crippen molar-refractivity contribution in [3.63, 3.8) is 0 Å². The Balaban J connectivity index is 1.45. The molecule has 0 saturated carbocycles. The summed E-state index contributed by atoms with van der Waals surface area (Å²) >= 11 is 0. The summed E-state index contributed by atoms with van der Waals surface area (Å²) in [5, 5.41) is 12.1. The third kappa shape index (κ3) is 5.52. The number of aromatic carboxylic acids is 1. The molecule has 180 valence electrons. The summed E-state index contributed by atoms with van der Waals surface area (Å²) in [6, 6.07) is 10.1. The predicted octanol–water partition coefficient (Wildman–Crippen LogP) is 1.76. The number of morpholine rings is 1. The van der Waals surface area contributed by atoms with Crippen LogP contribution in [0.5, 0.6) is 0 Å². The highest BCUT2D eigenvalue weighted by molar-refractivity contribution is 6.07. The molecule has 4 rings (SSSR count). The fourth-order valence-corrected chi connectivity index (χ4v) is 4.13. The van der Waals surface area contributed by atoms with E-state index < -0.39 is 17.7 Å².